The second kappa shape index (κ2) is 17.0. The van der Waals surface area contributed by atoms with Crippen LogP contribution in [0.1, 0.15) is 99.9 Å². The predicted molar refractivity (Wildman–Crippen MR) is 138 cm³/mol. The number of para-hydroxylation sites is 2. The van der Waals surface area contributed by atoms with Crippen molar-refractivity contribution >= 4 is 5.97 Å². The summed E-state index contributed by atoms with van der Waals surface area (Å²) in [5.41, 5.74) is 1.52. The minimum atomic E-state index is -0.392. The van der Waals surface area contributed by atoms with E-state index in [9.17, 15) is 4.79 Å². The van der Waals surface area contributed by atoms with Crippen LogP contribution >= 0.6 is 0 Å². The van der Waals surface area contributed by atoms with Gasteiger partial charge in [-0.3, -0.25) is 0 Å². The first-order valence-corrected chi connectivity index (χ1v) is 12.9. The molecule has 3 heteroatoms. The fourth-order valence-corrected chi connectivity index (χ4v) is 4.03. The maximum atomic E-state index is 12.8. The quantitative estimate of drug-likeness (QED) is 0.0985. The van der Waals surface area contributed by atoms with E-state index < -0.39 is 5.97 Å². The van der Waals surface area contributed by atoms with E-state index in [4.69, 9.17) is 9.47 Å². The average molecular weight is 451 g/mol. The first-order chi connectivity index (χ1) is 16.3. The highest BCUT2D eigenvalue weighted by Gasteiger charge is 2.16. The molecule has 0 amide bonds. The maximum Gasteiger partial charge on any atom is 0.347 e. The smallest absolute Gasteiger partial charge is 0.347 e. The molecule has 0 aliphatic heterocycles. The first-order valence-electron chi connectivity index (χ1n) is 12.9. The first kappa shape index (κ1) is 26.7. The molecule has 0 bridgehead atoms. The van der Waals surface area contributed by atoms with E-state index in [2.05, 4.69) is 19.6 Å². The van der Waals surface area contributed by atoms with Crippen molar-refractivity contribution in [1.29, 1.82) is 0 Å². The summed E-state index contributed by atoms with van der Waals surface area (Å²) in [6, 6.07) is 15.0. The molecule has 0 fully saturated rings. The molecule has 0 radical (unpaired) electrons. The number of aryl methyl sites for hydroxylation is 1. The second-order valence-electron chi connectivity index (χ2n) is 8.73. The van der Waals surface area contributed by atoms with E-state index in [1.807, 2.05) is 30.3 Å². The summed E-state index contributed by atoms with van der Waals surface area (Å²) in [7, 11) is 0. The number of carbonyl (C=O) groups excluding carboxylic acids is 1. The molecule has 2 rings (SSSR count). The van der Waals surface area contributed by atoms with Crippen molar-refractivity contribution < 1.29 is 14.3 Å². The van der Waals surface area contributed by atoms with Gasteiger partial charge in [0.25, 0.3) is 0 Å². The lowest BCUT2D eigenvalue weighted by molar-refractivity contribution is 0.0729. The zero-order chi connectivity index (χ0) is 23.6. The van der Waals surface area contributed by atoms with Gasteiger partial charge < -0.3 is 9.47 Å². The lowest BCUT2D eigenvalue weighted by atomic mass is 10.0. The van der Waals surface area contributed by atoms with Gasteiger partial charge in [0.05, 0.1) is 0 Å². The Labute approximate surface area is 201 Å². The fraction of sp³-hybridized carbons (Fsp3) is 0.500. The van der Waals surface area contributed by atoms with Gasteiger partial charge in [0.1, 0.15) is 23.7 Å². The van der Waals surface area contributed by atoms with E-state index in [-0.39, 0.29) is 0 Å². The Bertz CT molecular complexity index is 812. The fourth-order valence-electron chi connectivity index (χ4n) is 4.03. The van der Waals surface area contributed by atoms with Crippen LogP contribution < -0.4 is 9.47 Å². The topological polar surface area (TPSA) is 35.5 Å². The molecule has 0 aromatic heterocycles. The molecule has 3 nitrogen and oxygen atoms in total. The Balaban J connectivity index is 1.71. The molecule has 0 aliphatic rings. The molecule has 0 heterocycles. The van der Waals surface area contributed by atoms with Gasteiger partial charge >= 0.3 is 5.97 Å². The normalized spacial score (nSPS) is 10.7. The van der Waals surface area contributed by atoms with Crippen LogP contribution in [0.2, 0.25) is 0 Å². The Morgan fingerprint density at radius 2 is 1.30 bits per heavy atom. The molecule has 0 aliphatic carbocycles. The van der Waals surface area contributed by atoms with Crippen molar-refractivity contribution in [1.82, 2.24) is 0 Å². The summed E-state index contributed by atoms with van der Waals surface area (Å²) in [5.74, 6) is 0.766. The highest BCUT2D eigenvalue weighted by atomic mass is 16.5. The monoisotopic (exact) mass is 450 g/mol. The molecule has 2 aromatic carbocycles. The third kappa shape index (κ3) is 10.7. The number of hydrogen-bond donors (Lipinski definition) is 0. The SMILES string of the molecule is C=CCOc1ccccc1C(=O)Oc1ccccc1CCCCCCCCCCCCCC. The van der Waals surface area contributed by atoms with Crippen molar-refractivity contribution in [2.24, 2.45) is 0 Å². The van der Waals surface area contributed by atoms with Gasteiger partial charge in [-0.25, -0.2) is 4.79 Å². The summed E-state index contributed by atoms with van der Waals surface area (Å²) < 4.78 is 11.4. The van der Waals surface area contributed by atoms with E-state index >= 15 is 0 Å². The lowest BCUT2D eigenvalue weighted by Crippen LogP contribution is -2.12. The lowest BCUT2D eigenvalue weighted by Gasteiger charge is -2.12. The van der Waals surface area contributed by atoms with Crippen LogP contribution in [-0.2, 0) is 6.42 Å². The van der Waals surface area contributed by atoms with Crippen molar-refractivity contribution in [3.8, 4) is 11.5 Å². The van der Waals surface area contributed by atoms with Crippen molar-refractivity contribution in [2.45, 2.75) is 90.4 Å². The van der Waals surface area contributed by atoms with Gasteiger partial charge in [-0.15, -0.1) is 0 Å². The summed E-state index contributed by atoms with van der Waals surface area (Å²) in [5, 5.41) is 0. The average Bonchev–Trinajstić information content (AvgIpc) is 2.84. The van der Waals surface area contributed by atoms with E-state index in [0.717, 1.165) is 18.4 Å². The molecule has 180 valence electrons. The third-order valence-corrected chi connectivity index (χ3v) is 5.94. The molecule has 33 heavy (non-hydrogen) atoms. The van der Waals surface area contributed by atoms with Crippen LogP contribution in [0.5, 0.6) is 11.5 Å². The molecular formula is C30H42O3. The van der Waals surface area contributed by atoms with Crippen LogP contribution in [0.25, 0.3) is 0 Å². The summed E-state index contributed by atoms with van der Waals surface area (Å²) >= 11 is 0. The largest absolute Gasteiger partial charge is 0.489 e. The molecule has 0 N–H and O–H groups in total. The Morgan fingerprint density at radius 3 is 1.94 bits per heavy atom. The number of benzene rings is 2. The number of rotatable bonds is 18. The standard InChI is InChI=1S/C30H42O3/c1-3-5-6-7-8-9-10-11-12-13-14-15-20-26-21-16-18-23-28(26)33-30(31)27-22-17-19-24-29(27)32-25-4-2/h4,16-19,21-24H,2-3,5-15,20,25H2,1H3. The number of hydrogen-bond acceptors (Lipinski definition) is 3. The molecule has 0 saturated heterocycles. The highest BCUT2D eigenvalue weighted by Crippen LogP contribution is 2.25. The van der Waals surface area contributed by atoms with Gasteiger partial charge in [-0.2, -0.15) is 0 Å². The van der Waals surface area contributed by atoms with E-state index in [1.54, 1.807) is 18.2 Å². The van der Waals surface area contributed by atoms with Crippen LogP contribution in [-0.4, -0.2) is 12.6 Å². The summed E-state index contributed by atoms with van der Waals surface area (Å²) in [6.07, 6.45) is 18.6. The van der Waals surface area contributed by atoms with Crippen LogP contribution in [0.15, 0.2) is 61.2 Å². The van der Waals surface area contributed by atoms with Crippen LogP contribution in [0, 0.1) is 0 Å². The molecule has 2 aromatic rings. The van der Waals surface area contributed by atoms with Gasteiger partial charge in [0.15, 0.2) is 0 Å². The third-order valence-electron chi connectivity index (χ3n) is 5.94. The van der Waals surface area contributed by atoms with Crippen LogP contribution in [0.3, 0.4) is 0 Å². The zero-order valence-corrected chi connectivity index (χ0v) is 20.5. The van der Waals surface area contributed by atoms with Gasteiger partial charge in [-0.1, -0.05) is 121 Å². The van der Waals surface area contributed by atoms with E-state index in [1.165, 1.54) is 70.6 Å². The maximum absolute atomic E-state index is 12.8. The van der Waals surface area contributed by atoms with Crippen molar-refractivity contribution in [3.63, 3.8) is 0 Å². The molecule has 0 unspecified atom stereocenters. The van der Waals surface area contributed by atoms with Gasteiger partial charge in [-0.05, 0) is 36.6 Å². The molecule has 0 saturated carbocycles. The predicted octanol–water partition coefficient (Wildman–Crippen LogP) is 8.71. The van der Waals surface area contributed by atoms with E-state index in [0.29, 0.717) is 23.7 Å². The molecule has 0 atom stereocenters. The minimum absolute atomic E-state index is 0.347. The van der Waals surface area contributed by atoms with Crippen molar-refractivity contribution in [2.75, 3.05) is 6.61 Å². The Hall–Kier alpha value is -2.55. The van der Waals surface area contributed by atoms with Gasteiger partial charge in [0, 0.05) is 0 Å². The summed E-state index contributed by atoms with van der Waals surface area (Å²) in [6.45, 7) is 6.28. The highest BCUT2D eigenvalue weighted by molar-refractivity contribution is 5.94. The Kier molecular flexibility index (Phi) is 13.8. The zero-order valence-electron chi connectivity index (χ0n) is 20.5. The molecule has 0 spiro atoms. The molecular weight excluding hydrogens is 408 g/mol. The second-order valence-corrected chi connectivity index (χ2v) is 8.73. The van der Waals surface area contributed by atoms with Crippen molar-refractivity contribution in [3.05, 3.63) is 72.3 Å². The Morgan fingerprint density at radius 1 is 0.758 bits per heavy atom. The number of ether oxygens (including phenoxy) is 2. The van der Waals surface area contributed by atoms with Crippen LogP contribution in [0.4, 0.5) is 0 Å². The number of carbonyl (C=O) groups is 1. The summed E-state index contributed by atoms with van der Waals surface area (Å²) in [4.78, 5) is 12.8. The minimum Gasteiger partial charge on any atom is -0.489 e. The number of esters is 1. The number of unbranched alkanes of at least 4 members (excludes halogenated alkanes) is 11. The van der Waals surface area contributed by atoms with Gasteiger partial charge in [0.2, 0.25) is 0 Å².